The first-order valence-corrected chi connectivity index (χ1v) is 10.5. The summed E-state index contributed by atoms with van der Waals surface area (Å²) in [4.78, 5) is 16.6. The predicted octanol–water partition coefficient (Wildman–Crippen LogP) is 4.16. The second-order valence-electron chi connectivity index (χ2n) is 8.66. The van der Waals surface area contributed by atoms with E-state index in [0.717, 1.165) is 40.5 Å². The third kappa shape index (κ3) is 2.89. The number of hydrogen-bond acceptors (Lipinski definition) is 4. The van der Waals surface area contributed by atoms with Gasteiger partial charge in [0, 0.05) is 17.6 Å². The van der Waals surface area contributed by atoms with E-state index >= 15 is 0 Å². The van der Waals surface area contributed by atoms with E-state index in [4.69, 9.17) is 11.0 Å². The van der Waals surface area contributed by atoms with Crippen molar-refractivity contribution in [2.75, 3.05) is 0 Å². The topological polar surface area (TPSA) is 84.7 Å². The summed E-state index contributed by atoms with van der Waals surface area (Å²) in [6.45, 7) is 7.69. The lowest BCUT2D eigenvalue weighted by Crippen LogP contribution is -2.53. The first kappa shape index (κ1) is 18.2. The minimum atomic E-state index is -0.396. The largest absolute Gasteiger partial charge is 0.366 e. The molecule has 2 aromatic rings. The summed E-state index contributed by atoms with van der Waals surface area (Å²) in [5, 5.41) is 11.7. The van der Waals surface area contributed by atoms with Gasteiger partial charge in [-0.05, 0) is 55.4 Å². The monoisotopic (exact) mass is 382 g/mol. The van der Waals surface area contributed by atoms with E-state index < -0.39 is 5.91 Å². The Bertz CT molecular complexity index is 931. The van der Waals surface area contributed by atoms with Gasteiger partial charge in [-0.25, -0.2) is 4.98 Å². The first-order chi connectivity index (χ1) is 12.8. The van der Waals surface area contributed by atoms with Crippen molar-refractivity contribution in [3.8, 4) is 17.5 Å². The van der Waals surface area contributed by atoms with E-state index in [-0.39, 0.29) is 0 Å². The van der Waals surface area contributed by atoms with Crippen LogP contribution < -0.4 is 5.73 Å². The molecule has 0 radical (unpaired) electrons. The molecule has 3 saturated carbocycles. The minimum Gasteiger partial charge on any atom is -0.366 e. The van der Waals surface area contributed by atoms with Crippen LogP contribution in [-0.4, -0.2) is 15.5 Å². The van der Waals surface area contributed by atoms with E-state index in [9.17, 15) is 4.79 Å². The molecule has 27 heavy (non-hydrogen) atoms. The molecule has 3 aliphatic rings. The van der Waals surface area contributed by atoms with E-state index in [1.54, 1.807) is 0 Å². The molecule has 5 rings (SSSR count). The van der Waals surface area contributed by atoms with Crippen LogP contribution in [-0.2, 0) is 13.0 Å². The highest BCUT2D eigenvalue weighted by Gasteiger charge is 2.54. The SMILES string of the molecule is Cc1c(C(N)=O)cc(-c2csc(CC#N)n2)n1CC1CCC2CC1C2(C)C. The lowest BCUT2D eigenvalue weighted by atomic mass is 9.45. The number of rotatable bonds is 5. The van der Waals surface area contributed by atoms with Gasteiger partial charge in [-0.1, -0.05) is 13.8 Å². The minimum absolute atomic E-state index is 0.313. The number of nitrogens with two attached hydrogens (primary N) is 1. The summed E-state index contributed by atoms with van der Waals surface area (Å²) < 4.78 is 2.24. The summed E-state index contributed by atoms with van der Waals surface area (Å²) in [6.07, 6.45) is 4.19. The highest BCUT2D eigenvalue weighted by Crippen LogP contribution is 2.61. The molecule has 0 saturated heterocycles. The van der Waals surface area contributed by atoms with E-state index in [1.807, 2.05) is 18.4 Å². The fourth-order valence-corrected chi connectivity index (χ4v) is 6.06. The van der Waals surface area contributed by atoms with Crippen molar-refractivity contribution in [2.45, 2.75) is 53.0 Å². The molecule has 2 aromatic heterocycles. The maximum atomic E-state index is 11.9. The number of fused-ring (bicyclic) bond motifs is 2. The highest BCUT2D eigenvalue weighted by atomic mass is 32.1. The third-order valence-corrected chi connectivity index (χ3v) is 7.94. The van der Waals surface area contributed by atoms with E-state index in [2.05, 4.69) is 29.5 Å². The van der Waals surface area contributed by atoms with Gasteiger partial charge in [-0.15, -0.1) is 11.3 Å². The Morgan fingerprint density at radius 2 is 2.26 bits per heavy atom. The molecule has 0 aromatic carbocycles. The van der Waals surface area contributed by atoms with Crippen molar-refractivity contribution in [3.63, 3.8) is 0 Å². The molecule has 1 amide bonds. The number of hydrogen-bond donors (Lipinski definition) is 1. The molecular weight excluding hydrogens is 356 g/mol. The Morgan fingerprint density at radius 3 is 2.89 bits per heavy atom. The zero-order chi connectivity index (χ0) is 19.3. The van der Waals surface area contributed by atoms with E-state index in [0.29, 0.717) is 23.3 Å². The lowest BCUT2D eigenvalue weighted by molar-refractivity contribution is -0.108. The quantitative estimate of drug-likeness (QED) is 0.842. The molecule has 3 atom stereocenters. The van der Waals surface area contributed by atoms with Gasteiger partial charge in [-0.2, -0.15) is 5.26 Å². The Kier molecular flexibility index (Phi) is 4.38. The van der Waals surface area contributed by atoms with Crippen molar-refractivity contribution in [3.05, 3.63) is 27.7 Å². The summed E-state index contributed by atoms with van der Waals surface area (Å²) in [5.74, 6) is 1.84. The molecule has 0 aliphatic heterocycles. The van der Waals surface area contributed by atoms with Crippen LogP contribution in [0.5, 0.6) is 0 Å². The maximum absolute atomic E-state index is 11.9. The fraction of sp³-hybridized carbons (Fsp3) is 0.571. The molecule has 2 heterocycles. The lowest BCUT2D eigenvalue weighted by Gasteiger charge is -2.60. The van der Waals surface area contributed by atoms with Gasteiger partial charge in [0.05, 0.1) is 29.4 Å². The second-order valence-corrected chi connectivity index (χ2v) is 9.61. The number of carbonyl (C=O) groups excluding carboxylic acids is 1. The highest BCUT2D eigenvalue weighted by molar-refractivity contribution is 7.10. The number of thiazole rings is 1. The van der Waals surface area contributed by atoms with Gasteiger partial charge in [0.25, 0.3) is 5.91 Å². The standard InChI is InChI=1S/C21H26N4OS/c1-12-15(20(23)26)9-18(17-11-27-19(24-17)6-7-22)25(12)10-13-4-5-14-8-16(13)21(14,2)3/h9,11,13-14,16H,4-6,8,10H2,1-3H3,(H2,23,26). The Morgan fingerprint density at radius 1 is 1.48 bits per heavy atom. The molecule has 142 valence electrons. The van der Waals surface area contributed by atoms with Gasteiger partial charge >= 0.3 is 0 Å². The maximum Gasteiger partial charge on any atom is 0.250 e. The van der Waals surface area contributed by atoms with Crippen molar-refractivity contribution in [2.24, 2.45) is 28.9 Å². The molecule has 0 spiro atoms. The predicted molar refractivity (Wildman–Crippen MR) is 106 cm³/mol. The van der Waals surface area contributed by atoms with Crippen LogP contribution in [0.2, 0.25) is 0 Å². The number of carbonyl (C=O) groups is 1. The summed E-state index contributed by atoms with van der Waals surface area (Å²) >= 11 is 1.49. The molecule has 3 unspecified atom stereocenters. The Labute approximate surface area is 164 Å². The molecule has 3 fully saturated rings. The molecule has 6 heteroatoms. The van der Waals surface area contributed by atoms with Crippen LogP contribution in [0.25, 0.3) is 11.4 Å². The fourth-order valence-electron chi connectivity index (χ4n) is 5.33. The molecule has 2 bridgehead atoms. The number of amides is 1. The summed E-state index contributed by atoms with van der Waals surface area (Å²) in [7, 11) is 0. The van der Waals surface area contributed by atoms with Crippen molar-refractivity contribution < 1.29 is 4.79 Å². The van der Waals surface area contributed by atoms with Crippen LogP contribution in [0, 0.1) is 41.4 Å². The van der Waals surface area contributed by atoms with Crippen LogP contribution in [0.1, 0.15) is 54.2 Å². The van der Waals surface area contributed by atoms with Gasteiger partial charge < -0.3 is 10.3 Å². The van der Waals surface area contributed by atoms with Crippen LogP contribution >= 0.6 is 11.3 Å². The molecular formula is C21H26N4OS. The van der Waals surface area contributed by atoms with Gasteiger partial charge in [0.2, 0.25) is 0 Å². The zero-order valence-electron chi connectivity index (χ0n) is 16.2. The Balaban J connectivity index is 1.70. The van der Waals surface area contributed by atoms with Crippen LogP contribution in [0.3, 0.4) is 0 Å². The zero-order valence-corrected chi connectivity index (χ0v) is 17.0. The van der Waals surface area contributed by atoms with Crippen molar-refractivity contribution in [1.29, 1.82) is 5.26 Å². The number of primary amides is 1. The molecule has 2 N–H and O–H groups in total. The van der Waals surface area contributed by atoms with Gasteiger partial charge in [-0.3, -0.25) is 4.79 Å². The summed E-state index contributed by atoms with van der Waals surface area (Å²) in [6, 6.07) is 4.03. The van der Waals surface area contributed by atoms with Crippen molar-refractivity contribution >= 4 is 17.2 Å². The molecule has 3 aliphatic carbocycles. The second kappa shape index (κ2) is 6.49. The van der Waals surface area contributed by atoms with Crippen LogP contribution in [0.15, 0.2) is 11.4 Å². The summed E-state index contributed by atoms with van der Waals surface area (Å²) in [5.41, 5.74) is 9.33. The normalized spacial score (nSPS) is 25.6. The molecule has 5 nitrogen and oxygen atoms in total. The van der Waals surface area contributed by atoms with Crippen molar-refractivity contribution in [1.82, 2.24) is 9.55 Å². The van der Waals surface area contributed by atoms with E-state index in [1.165, 1.54) is 30.6 Å². The number of nitriles is 1. The number of nitrogens with zero attached hydrogens (tertiary/aromatic N) is 3. The first-order valence-electron chi connectivity index (χ1n) is 9.64. The smallest absolute Gasteiger partial charge is 0.250 e. The number of aromatic nitrogens is 2. The van der Waals surface area contributed by atoms with Gasteiger partial charge in [0.15, 0.2) is 0 Å². The van der Waals surface area contributed by atoms with Crippen LogP contribution in [0.4, 0.5) is 0 Å². The van der Waals surface area contributed by atoms with Gasteiger partial charge in [0.1, 0.15) is 5.01 Å². The third-order valence-electron chi connectivity index (χ3n) is 7.09. The average Bonchev–Trinajstić information content (AvgIpc) is 3.21. The average molecular weight is 383 g/mol. The Hall–Kier alpha value is -2.13.